The molecule has 4 aromatic rings. The van der Waals surface area contributed by atoms with Crippen molar-refractivity contribution >= 4 is 22.4 Å². The highest BCUT2D eigenvalue weighted by molar-refractivity contribution is 5.86. The predicted molar refractivity (Wildman–Crippen MR) is 150 cm³/mol. The molecule has 1 aromatic carbocycles. The van der Waals surface area contributed by atoms with E-state index in [0.29, 0.717) is 30.0 Å². The van der Waals surface area contributed by atoms with E-state index in [1.54, 1.807) is 12.4 Å². The Bertz CT molecular complexity index is 1620. The van der Waals surface area contributed by atoms with E-state index in [-0.39, 0.29) is 35.3 Å². The summed E-state index contributed by atoms with van der Waals surface area (Å²) in [6.45, 7) is 6.67. The standard InChI is InChI=1S/C30H32F2N6O2/c1-18-5-6-22(12-35-18)36-9-3-4-23(16-36)37(13-20-7-8-34-26(33)10-20)14-21-15-38-19(2)17-40-30-27(32)25(31)11-24(28(30)38)29(21)39/h5-8,10-12,15,19,23H,3-4,9,13-14,16-17H2,1-2H3,(H2,33,34)/t19?,23-/m0/s1. The van der Waals surface area contributed by atoms with Crippen molar-refractivity contribution in [2.24, 2.45) is 0 Å². The van der Waals surface area contributed by atoms with Gasteiger partial charge in [-0.05, 0) is 62.6 Å². The monoisotopic (exact) mass is 546 g/mol. The number of nitrogen functional groups attached to an aromatic ring is 1. The fourth-order valence-electron chi connectivity index (χ4n) is 5.86. The molecule has 2 atom stereocenters. The van der Waals surface area contributed by atoms with Gasteiger partial charge in [0.2, 0.25) is 5.82 Å². The Hall–Kier alpha value is -4.05. The zero-order valence-corrected chi connectivity index (χ0v) is 22.6. The summed E-state index contributed by atoms with van der Waals surface area (Å²) in [7, 11) is 0. The molecular weight excluding hydrogens is 514 g/mol. The summed E-state index contributed by atoms with van der Waals surface area (Å²) in [6, 6.07) is 8.85. The first-order valence-electron chi connectivity index (χ1n) is 13.6. The van der Waals surface area contributed by atoms with E-state index in [4.69, 9.17) is 10.5 Å². The summed E-state index contributed by atoms with van der Waals surface area (Å²) in [6.07, 6.45) is 7.31. The molecule has 5 heterocycles. The maximum absolute atomic E-state index is 14.6. The molecule has 0 amide bonds. The van der Waals surface area contributed by atoms with Gasteiger partial charge >= 0.3 is 0 Å². The fourth-order valence-corrected chi connectivity index (χ4v) is 5.86. The molecule has 208 valence electrons. The molecule has 3 aromatic heterocycles. The molecule has 8 nitrogen and oxygen atoms in total. The van der Waals surface area contributed by atoms with E-state index in [9.17, 15) is 13.6 Å². The Morgan fingerprint density at radius 1 is 1.18 bits per heavy atom. The number of ether oxygens (including phenoxy) is 1. The summed E-state index contributed by atoms with van der Waals surface area (Å²) in [4.78, 5) is 27.0. The average molecular weight is 547 g/mol. The number of pyridine rings is 3. The van der Waals surface area contributed by atoms with Crippen LogP contribution in [0.4, 0.5) is 20.3 Å². The van der Waals surface area contributed by atoms with Crippen LogP contribution in [0.25, 0.3) is 10.9 Å². The van der Waals surface area contributed by atoms with E-state index in [0.717, 1.165) is 48.9 Å². The Labute approximate surface area is 231 Å². The van der Waals surface area contributed by atoms with Gasteiger partial charge in [-0.25, -0.2) is 9.37 Å². The third kappa shape index (κ3) is 4.88. The number of benzene rings is 1. The Morgan fingerprint density at radius 2 is 2.02 bits per heavy atom. The lowest BCUT2D eigenvalue weighted by molar-refractivity contribution is 0.157. The summed E-state index contributed by atoms with van der Waals surface area (Å²) < 4.78 is 36.5. The maximum Gasteiger partial charge on any atom is 0.202 e. The van der Waals surface area contributed by atoms with Crippen LogP contribution in [-0.4, -0.2) is 45.2 Å². The molecule has 6 rings (SSSR count). The van der Waals surface area contributed by atoms with E-state index in [2.05, 4.69) is 25.8 Å². The molecule has 1 fully saturated rings. The number of halogens is 2. The molecule has 0 spiro atoms. The zero-order chi connectivity index (χ0) is 28.0. The number of rotatable bonds is 6. The zero-order valence-electron chi connectivity index (χ0n) is 22.6. The van der Waals surface area contributed by atoms with Crippen molar-refractivity contribution in [2.75, 3.05) is 30.3 Å². The quantitative estimate of drug-likeness (QED) is 0.379. The molecule has 0 aliphatic carbocycles. The molecule has 0 bridgehead atoms. The molecule has 0 radical (unpaired) electrons. The lowest BCUT2D eigenvalue weighted by atomic mass is 10.0. The minimum atomic E-state index is -1.09. The fraction of sp³-hybridized carbons (Fsp3) is 0.367. The molecule has 2 aliphatic rings. The normalized spacial score (nSPS) is 18.8. The van der Waals surface area contributed by atoms with Crippen LogP contribution in [0.2, 0.25) is 0 Å². The van der Waals surface area contributed by atoms with Crippen LogP contribution in [0, 0.1) is 18.6 Å². The molecule has 2 aliphatic heterocycles. The van der Waals surface area contributed by atoms with Crippen molar-refractivity contribution in [2.45, 2.75) is 51.9 Å². The lowest BCUT2D eigenvalue weighted by Crippen LogP contribution is -2.48. The second-order valence-corrected chi connectivity index (χ2v) is 10.8. The smallest absolute Gasteiger partial charge is 0.202 e. The van der Waals surface area contributed by atoms with Crippen molar-refractivity contribution < 1.29 is 13.5 Å². The van der Waals surface area contributed by atoms with Crippen LogP contribution in [0.1, 0.15) is 42.6 Å². The number of hydrogen-bond donors (Lipinski definition) is 1. The van der Waals surface area contributed by atoms with Gasteiger partial charge in [0.25, 0.3) is 0 Å². The van der Waals surface area contributed by atoms with Crippen molar-refractivity contribution in [1.82, 2.24) is 19.4 Å². The second-order valence-electron chi connectivity index (χ2n) is 10.8. The van der Waals surface area contributed by atoms with Crippen LogP contribution in [-0.2, 0) is 13.1 Å². The number of hydrogen-bond acceptors (Lipinski definition) is 7. The van der Waals surface area contributed by atoms with E-state index in [1.165, 1.54) is 0 Å². The lowest BCUT2D eigenvalue weighted by Gasteiger charge is -2.40. The van der Waals surface area contributed by atoms with Crippen LogP contribution < -0.4 is 20.8 Å². The van der Waals surface area contributed by atoms with E-state index < -0.39 is 11.6 Å². The molecule has 1 unspecified atom stereocenters. The predicted octanol–water partition coefficient (Wildman–Crippen LogP) is 4.58. The minimum Gasteiger partial charge on any atom is -0.486 e. The third-order valence-electron chi connectivity index (χ3n) is 7.96. The van der Waals surface area contributed by atoms with Crippen molar-refractivity contribution in [1.29, 1.82) is 0 Å². The highest BCUT2D eigenvalue weighted by Crippen LogP contribution is 2.35. The van der Waals surface area contributed by atoms with Crippen LogP contribution in [0.15, 0.2) is 53.7 Å². The molecule has 0 saturated carbocycles. The largest absolute Gasteiger partial charge is 0.486 e. The highest BCUT2D eigenvalue weighted by Gasteiger charge is 2.30. The van der Waals surface area contributed by atoms with Gasteiger partial charge in [-0.3, -0.25) is 14.7 Å². The number of nitrogens with zero attached hydrogens (tertiary/aromatic N) is 5. The molecule has 40 heavy (non-hydrogen) atoms. The number of nitrogens with two attached hydrogens (primary N) is 1. The third-order valence-corrected chi connectivity index (χ3v) is 7.96. The van der Waals surface area contributed by atoms with Crippen molar-refractivity contribution in [3.05, 3.63) is 87.6 Å². The topological polar surface area (TPSA) is 89.5 Å². The van der Waals surface area contributed by atoms with E-state index >= 15 is 0 Å². The van der Waals surface area contributed by atoms with Crippen LogP contribution >= 0.6 is 0 Å². The number of aromatic nitrogens is 3. The Kier molecular flexibility index (Phi) is 6.87. The SMILES string of the molecule is Cc1ccc(N2CCC[C@H](N(Cc3ccnc(N)c3)Cc3cn4c5c(c(F)c(F)cc5c3=O)OCC4C)C2)cn1. The maximum atomic E-state index is 14.6. The van der Waals surface area contributed by atoms with E-state index in [1.807, 2.05) is 42.8 Å². The van der Waals surface area contributed by atoms with Gasteiger partial charge in [-0.2, -0.15) is 4.39 Å². The summed E-state index contributed by atoms with van der Waals surface area (Å²) in [5.41, 5.74) is 9.51. The number of aryl methyl sites for hydroxylation is 1. The Balaban J connectivity index is 1.39. The summed E-state index contributed by atoms with van der Waals surface area (Å²) in [5.74, 6) is -1.92. The van der Waals surface area contributed by atoms with Crippen molar-refractivity contribution in [3.8, 4) is 5.75 Å². The molecule has 2 N–H and O–H groups in total. The van der Waals surface area contributed by atoms with Crippen LogP contribution in [0.5, 0.6) is 5.75 Å². The first-order chi connectivity index (χ1) is 19.3. The van der Waals surface area contributed by atoms with Gasteiger partial charge in [0.1, 0.15) is 12.4 Å². The van der Waals surface area contributed by atoms with Gasteiger partial charge in [-0.1, -0.05) is 0 Å². The van der Waals surface area contributed by atoms with Gasteiger partial charge in [0.15, 0.2) is 17.0 Å². The average Bonchev–Trinajstić information content (AvgIpc) is 2.95. The first kappa shape index (κ1) is 26.2. The number of anilines is 2. The number of piperidine rings is 1. The second kappa shape index (κ2) is 10.5. The molecular formula is C30H32F2N6O2. The van der Waals surface area contributed by atoms with Gasteiger partial charge in [0, 0.05) is 55.9 Å². The van der Waals surface area contributed by atoms with Gasteiger partial charge in [0.05, 0.1) is 28.8 Å². The molecule has 10 heteroatoms. The summed E-state index contributed by atoms with van der Waals surface area (Å²) >= 11 is 0. The first-order valence-corrected chi connectivity index (χ1v) is 13.6. The minimum absolute atomic E-state index is 0.127. The highest BCUT2D eigenvalue weighted by atomic mass is 19.2. The van der Waals surface area contributed by atoms with Crippen molar-refractivity contribution in [3.63, 3.8) is 0 Å². The molecule has 1 saturated heterocycles. The Morgan fingerprint density at radius 3 is 2.80 bits per heavy atom. The van der Waals surface area contributed by atoms with Gasteiger partial charge in [-0.15, -0.1) is 0 Å². The van der Waals surface area contributed by atoms with Crippen LogP contribution in [0.3, 0.4) is 0 Å². The van der Waals surface area contributed by atoms with Gasteiger partial charge < -0.3 is 19.9 Å². The summed E-state index contributed by atoms with van der Waals surface area (Å²) in [5, 5.41) is 0.127.